The van der Waals surface area contributed by atoms with Gasteiger partial charge in [-0.15, -0.1) is 0 Å². The highest BCUT2D eigenvalue weighted by atomic mass is 32.2. The molecule has 0 bridgehead atoms. The Bertz CT molecular complexity index is 629. The minimum Gasteiger partial charge on any atom is -0.261 e. The highest BCUT2D eigenvalue weighted by Gasteiger charge is 2.15. The highest BCUT2D eigenvalue weighted by molar-refractivity contribution is 7.86. The summed E-state index contributed by atoms with van der Waals surface area (Å²) in [5.41, 5.74) is 0.0945. The molecule has 1 aromatic carbocycles. The van der Waals surface area contributed by atoms with E-state index in [0.29, 0.717) is 0 Å². The summed E-state index contributed by atoms with van der Waals surface area (Å²) in [7, 11) is -3.87. The minimum absolute atomic E-state index is 0.0364. The smallest absolute Gasteiger partial charge is 0.261 e. The first-order valence-corrected chi connectivity index (χ1v) is 6.54. The molecular formula is C12H10FNO3S. The van der Waals surface area contributed by atoms with Crippen molar-refractivity contribution in [2.75, 3.05) is 0 Å². The molecule has 0 unspecified atom stereocenters. The average Bonchev–Trinajstić information content (AvgIpc) is 2.39. The van der Waals surface area contributed by atoms with Gasteiger partial charge in [-0.3, -0.25) is 4.18 Å². The van der Waals surface area contributed by atoms with Gasteiger partial charge in [0.1, 0.15) is 0 Å². The molecule has 1 aromatic heterocycles. The Morgan fingerprint density at radius 1 is 1.11 bits per heavy atom. The second-order valence-electron chi connectivity index (χ2n) is 3.48. The van der Waals surface area contributed by atoms with Crippen LogP contribution in [-0.4, -0.2) is 13.4 Å². The number of halogens is 1. The van der Waals surface area contributed by atoms with Crippen LogP contribution in [0.5, 0.6) is 0 Å². The summed E-state index contributed by atoms with van der Waals surface area (Å²) in [4.78, 5) is 3.45. The highest BCUT2D eigenvalue weighted by Crippen LogP contribution is 2.14. The van der Waals surface area contributed by atoms with Gasteiger partial charge >= 0.3 is 0 Å². The largest absolute Gasteiger partial charge is 0.297 e. The number of rotatable bonds is 4. The molecule has 0 radical (unpaired) electrons. The summed E-state index contributed by atoms with van der Waals surface area (Å²) in [5.74, 6) is -0.735. The molecule has 0 aliphatic heterocycles. The number of nitrogens with zero attached hydrogens (tertiary/aromatic N) is 1. The molecule has 0 aliphatic carbocycles. The van der Waals surface area contributed by atoms with Crippen LogP contribution in [0.3, 0.4) is 0 Å². The number of aromatic nitrogens is 1. The fourth-order valence-electron chi connectivity index (χ4n) is 1.32. The summed E-state index contributed by atoms with van der Waals surface area (Å²) in [5, 5.41) is 0. The molecule has 0 atom stereocenters. The molecule has 1 heterocycles. The third-order valence-corrected chi connectivity index (χ3v) is 3.52. The van der Waals surface area contributed by atoms with Crippen molar-refractivity contribution in [1.29, 1.82) is 0 Å². The molecule has 0 aliphatic rings. The van der Waals surface area contributed by atoms with Crippen molar-refractivity contribution in [2.45, 2.75) is 11.5 Å². The van der Waals surface area contributed by atoms with E-state index in [9.17, 15) is 12.8 Å². The maximum atomic E-state index is 13.2. The van der Waals surface area contributed by atoms with Gasteiger partial charge in [-0.2, -0.15) is 12.8 Å². The molecule has 0 saturated heterocycles. The van der Waals surface area contributed by atoms with Crippen molar-refractivity contribution in [3.63, 3.8) is 0 Å². The molecule has 0 N–H and O–H groups in total. The van der Waals surface area contributed by atoms with E-state index in [1.807, 2.05) is 0 Å². The standard InChI is InChI=1S/C12H10FNO3S/c13-12-10(5-4-8-14-12)9-17-18(15,16)11-6-2-1-3-7-11/h1-8H,9H2. The Balaban J connectivity index is 2.14. The van der Waals surface area contributed by atoms with Crippen molar-refractivity contribution in [2.24, 2.45) is 0 Å². The average molecular weight is 267 g/mol. The summed E-state index contributed by atoms with van der Waals surface area (Å²) >= 11 is 0. The first-order valence-electron chi connectivity index (χ1n) is 5.13. The summed E-state index contributed by atoms with van der Waals surface area (Å²) < 4.78 is 41.5. The Hall–Kier alpha value is -1.79. The monoisotopic (exact) mass is 267 g/mol. The van der Waals surface area contributed by atoms with Crippen LogP contribution in [0.2, 0.25) is 0 Å². The molecule has 2 rings (SSSR count). The maximum absolute atomic E-state index is 13.2. The van der Waals surface area contributed by atoms with Crippen LogP contribution in [0, 0.1) is 5.95 Å². The van der Waals surface area contributed by atoms with Gasteiger partial charge in [0.2, 0.25) is 5.95 Å². The van der Waals surface area contributed by atoms with E-state index in [4.69, 9.17) is 4.18 Å². The van der Waals surface area contributed by atoms with E-state index < -0.39 is 16.1 Å². The lowest BCUT2D eigenvalue weighted by molar-refractivity contribution is 0.300. The van der Waals surface area contributed by atoms with Crippen molar-refractivity contribution < 1.29 is 17.0 Å². The van der Waals surface area contributed by atoms with Crippen LogP contribution in [0.25, 0.3) is 0 Å². The molecule has 2 aromatic rings. The molecule has 4 nitrogen and oxygen atoms in total. The zero-order valence-corrected chi connectivity index (χ0v) is 10.1. The molecule has 0 saturated carbocycles. The van der Waals surface area contributed by atoms with Crippen LogP contribution >= 0.6 is 0 Å². The third-order valence-electron chi connectivity index (χ3n) is 2.24. The third kappa shape index (κ3) is 2.91. The molecule has 94 valence electrons. The van der Waals surface area contributed by atoms with Gasteiger partial charge in [-0.05, 0) is 18.2 Å². The van der Waals surface area contributed by atoms with Crippen LogP contribution in [0.1, 0.15) is 5.56 Å². The summed E-state index contributed by atoms with van der Waals surface area (Å²) in [6.07, 6.45) is 1.28. The lowest BCUT2D eigenvalue weighted by Gasteiger charge is -2.05. The van der Waals surface area contributed by atoms with Crippen molar-refractivity contribution in [3.8, 4) is 0 Å². The SMILES string of the molecule is O=S(=O)(OCc1cccnc1F)c1ccccc1. The van der Waals surface area contributed by atoms with Gasteiger partial charge in [0.25, 0.3) is 10.1 Å². The Labute approximate surface area is 104 Å². The maximum Gasteiger partial charge on any atom is 0.297 e. The van der Waals surface area contributed by atoms with Gasteiger partial charge in [0.05, 0.1) is 11.5 Å². The molecule has 18 heavy (non-hydrogen) atoms. The molecule has 0 amide bonds. The van der Waals surface area contributed by atoms with Gasteiger partial charge in [-0.25, -0.2) is 4.98 Å². The van der Waals surface area contributed by atoms with Crippen molar-refractivity contribution in [1.82, 2.24) is 4.98 Å². The van der Waals surface area contributed by atoms with Crippen molar-refractivity contribution in [3.05, 3.63) is 60.2 Å². The van der Waals surface area contributed by atoms with E-state index in [0.717, 1.165) is 0 Å². The Morgan fingerprint density at radius 3 is 2.50 bits per heavy atom. The first kappa shape index (κ1) is 12.7. The van der Waals surface area contributed by atoms with E-state index in [-0.39, 0.29) is 17.1 Å². The number of benzene rings is 1. The normalized spacial score (nSPS) is 11.4. The van der Waals surface area contributed by atoms with Gasteiger partial charge in [-0.1, -0.05) is 24.3 Å². The fraction of sp³-hybridized carbons (Fsp3) is 0.0833. The number of pyridine rings is 1. The lowest BCUT2D eigenvalue weighted by Crippen LogP contribution is -2.07. The zero-order chi connectivity index (χ0) is 13.0. The van der Waals surface area contributed by atoms with Crippen molar-refractivity contribution >= 4 is 10.1 Å². The second kappa shape index (κ2) is 5.24. The van der Waals surface area contributed by atoms with Crippen LogP contribution < -0.4 is 0 Å². The fourth-order valence-corrected chi connectivity index (χ4v) is 2.23. The van der Waals surface area contributed by atoms with Gasteiger partial charge in [0, 0.05) is 11.8 Å². The zero-order valence-electron chi connectivity index (χ0n) is 9.28. The van der Waals surface area contributed by atoms with E-state index >= 15 is 0 Å². The van der Waals surface area contributed by atoms with E-state index in [2.05, 4.69) is 4.98 Å². The molecular weight excluding hydrogens is 257 g/mol. The quantitative estimate of drug-likeness (QED) is 0.629. The molecule has 0 spiro atoms. The summed E-state index contributed by atoms with van der Waals surface area (Å²) in [6, 6.07) is 10.6. The Kier molecular flexibility index (Phi) is 3.69. The number of hydrogen-bond donors (Lipinski definition) is 0. The minimum atomic E-state index is -3.87. The van der Waals surface area contributed by atoms with Gasteiger partial charge < -0.3 is 0 Å². The molecule has 6 heteroatoms. The van der Waals surface area contributed by atoms with Crippen LogP contribution in [0.4, 0.5) is 4.39 Å². The Morgan fingerprint density at radius 2 is 1.83 bits per heavy atom. The summed E-state index contributed by atoms with van der Waals surface area (Å²) in [6.45, 7) is -0.378. The molecule has 0 fully saturated rings. The lowest BCUT2D eigenvalue weighted by atomic mass is 10.3. The predicted molar refractivity (Wildman–Crippen MR) is 62.6 cm³/mol. The van der Waals surface area contributed by atoms with E-state index in [1.165, 1.54) is 30.5 Å². The first-order chi connectivity index (χ1) is 8.59. The van der Waals surface area contributed by atoms with Crippen LogP contribution in [0.15, 0.2) is 53.6 Å². The van der Waals surface area contributed by atoms with E-state index in [1.54, 1.807) is 18.2 Å². The second-order valence-corrected chi connectivity index (χ2v) is 5.10. The topological polar surface area (TPSA) is 56.3 Å². The number of hydrogen-bond acceptors (Lipinski definition) is 4. The van der Waals surface area contributed by atoms with Crippen LogP contribution in [-0.2, 0) is 20.9 Å². The predicted octanol–water partition coefficient (Wildman–Crippen LogP) is 2.13. The van der Waals surface area contributed by atoms with Gasteiger partial charge in [0.15, 0.2) is 0 Å².